The van der Waals surface area contributed by atoms with Gasteiger partial charge in [0, 0.05) is 0 Å². The van der Waals surface area contributed by atoms with Crippen molar-refractivity contribution < 1.29 is 13.2 Å². The number of rotatable bonds is 7. The molecule has 0 heterocycles. The minimum Gasteiger partial charge on any atom is -0.378 e. The molecule has 0 unspecified atom stereocenters. The third-order valence-corrected chi connectivity index (χ3v) is 3.50. The third-order valence-electron chi connectivity index (χ3n) is 1.85. The van der Waals surface area contributed by atoms with Crippen LogP contribution in [0.3, 0.4) is 0 Å². The second-order valence-corrected chi connectivity index (χ2v) is 6.56. The Bertz CT molecular complexity index is 230. The Labute approximate surface area is 87.8 Å². The highest BCUT2D eigenvalue weighted by Gasteiger charge is 2.11. The molecule has 0 saturated heterocycles. The summed E-state index contributed by atoms with van der Waals surface area (Å²) in [6.45, 7) is 8.18. The van der Waals surface area contributed by atoms with E-state index < -0.39 is 9.84 Å². The first-order valence-electron chi connectivity index (χ1n) is 5.15. The molecule has 4 heteroatoms. The van der Waals surface area contributed by atoms with Crippen LogP contribution in [0.1, 0.15) is 34.1 Å². The first-order chi connectivity index (χ1) is 6.33. The van der Waals surface area contributed by atoms with E-state index in [1.165, 1.54) is 0 Å². The average molecular weight is 222 g/mol. The van der Waals surface area contributed by atoms with Crippen LogP contribution in [-0.4, -0.2) is 32.6 Å². The summed E-state index contributed by atoms with van der Waals surface area (Å²) >= 11 is 0. The van der Waals surface area contributed by atoms with Crippen LogP contribution in [-0.2, 0) is 14.6 Å². The van der Waals surface area contributed by atoms with E-state index in [2.05, 4.69) is 0 Å². The predicted molar refractivity (Wildman–Crippen MR) is 59.2 cm³/mol. The SMILES string of the molecule is CC(C)CCS(=O)(=O)CCOC(C)C. The third kappa shape index (κ3) is 8.51. The Morgan fingerprint density at radius 1 is 1.07 bits per heavy atom. The van der Waals surface area contributed by atoms with E-state index in [9.17, 15) is 8.42 Å². The van der Waals surface area contributed by atoms with Gasteiger partial charge in [0.25, 0.3) is 0 Å². The lowest BCUT2D eigenvalue weighted by molar-refractivity contribution is 0.0912. The fraction of sp³-hybridized carbons (Fsp3) is 1.00. The Balaban J connectivity index is 3.73. The second kappa shape index (κ2) is 6.40. The Morgan fingerprint density at radius 3 is 2.07 bits per heavy atom. The molecule has 0 amide bonds. The molecule has 0 aromatic heterocycles. The van der Waals surface area contributed by atoms with Gasteiger partial charge in [-0.25, -0.2) is 8.42 Å². The number of ether oxygens (including phenoxy) is 1. The summed E-state index contributed by atoms with van der Waals surface area (Å²) in [5, 5.41) is 0. The van der Waals surface area contributed by atoms with Crippen molar-refractivity contribution in [2.45, 2.75) is 40.2 Å². The van der Waals surface area contributed by atoms with Crippen LogP contribution in [0.4, 0.5) is 0 Å². The monoisotopic (exact) mass is 222 g/mol. The molecular weight excluding hydrogens is 200 g/mol. The maximum absolute atomic E-state index is 11.4. The second-order valence-electron chi connectivity index (χ2n) is 4.25. The van der Waals surface area contributed by atoms with Crippen molar-refractivity contribution in [3.05, 3.63) is 0 Å². The highest BCUT2D eigenvalue weighted by atomic mass is 32.2. The van der Waals surface area contributed by atoms with Crippen molar-refractivity contribution in [1.29, 1.82) is 0 Å². The van der Waals surface area contributed by atoms with Gasteiger partial charge in [-0.2, -0.15) is 0 Å². The Kier molecular flexibility index (Phi) is 6.36. The zero-order valence-corrected chi connectivity index (χ0v) is 10.4. The van der Waals surface area contributed by atoms with E-state index in [-0.39, 0.29) is 17.6 Å². The van der Waals surface area contributed by atoms with E-state index in [1.807, 2.05) is 27.7 Å². The molecule has 0 saturated carbocycles. The Hall–Kier alpha value is -0.0900. The van der Waals surface area contributed by atoms with Crippen LogP contribution in [0.2, 0.25) is 0 Å². The lowest BCUT2D eigenvalue weighted by Gasteiger charge is -2.09. The molecule has 0 atom stereocenters. The Morgan fingerprint density at radius 2 is 1.64 bits per heavy atom. The molecule has 0 radical (unpaired) electrons. The lowest BCUT2D eigenvalue weighted by atomic mass is 10.2. The van der Waals surface area contributed by atoms with Crippen molar-refractivity contribution in [3.63, 3.8) is 0 Å². The maximum atomic E-state index is 11.4. The van der Waals surface area contributed by atoms with Crippen LogP contribution >= 0.6 is 0 Å². The van der Waals surface area contributed by atoms with E-state index >= 15 is 0 Å². The summed E-state index contributed by atoms with van der Waals surface area (Å²) in [7, 11) is -2.90. The smallest absolute Gasteiger partial charge is 0.152 e. The summed E-state index contributed by atoms with van der Waals surface area (Å²) in [4.78, 5) is 0. The zero-order valence-electron chi connectivity index (χ0n) is 9.62. The highest BCUT2D eigenvalue weighted by molar-refractivity contribution is 7.91. The number of sulfone groups is 1. The van der Waals surface area contributed by atoms with E-state index in [4.69, 9.17) is 4.74 Å². The van der Waals surface area contributed by atoms with E-state index in [0.717, 1.165) is 6.42 Å². The molecule has 0 bridgehead atoms. The molecule has 0 rings (SSSR count). The van der Waals surface area contributed by atoms with Gasteiger partial charge < -0.3 is 4.74 Å². The largest absolute Gasteiger partial charge is 0.378 e. The van der Waals surface area contributed by atoms with Crippen molar-refractivity contribution in [3.8, 4) is 0 Å². The predicted octanol–water partition coefficient (Wildman–Crippen LogP) is 1.87. The van der Waals surface area contributed by atoms with Crippen LogP contribution in [0, 0.1) is 5.92 Å². The van der Waals surface area contributed by atoms with E-state index in [0.29, 0.717) is 12.5 Å². The summed E-state index contributed by atoms with van der Waals surface area (Å²) in [5.41, 5.74) is 0. The maximum Gasteiger partial charge on any atom is 0.152 e. The van der Waals surface area contributed by atoms with Gasteiger partial charge in [-0.1, -0.05) is 13.8 Å². The minimum atomic E-state index is -2.90. The van der Waals surface area contributed by atoms with Gasteiger partial charge in [0.15, 0.2) is 9.84 Å². The summed E-state index contributed by atoms with van der Waals surface area (Å²) in [6, 6.07) is 0. The summed E-state index contributed by atoms with van der Waals surface area (Å²) in [5.74, 6) is 0.875. The van der Waals surface area contributed by atoms with Crippen molar-refractivity contribution in [2.75, 3.05) is 18.1 Å². The summed E-state index contributed by atoms with van der Waals surface area (Å²) in [6.07, 6.45) is 0.847. The molecule has 0 spiro atoms. The molecule has 0 aromatic rings. The normalized spacial score (nSPS) is 12.7. The molecule has 0 aromatic carbocycles. The van der Waals surface area contributed by atoms with Crippen molar-refractivity contribution in [1.82, 2.24) is 0 Å². The zero-order chi connectivity index (χ0) is 11.2. The fourth-order valence-electron chi connectivity index (χ4n) is 0.928. The first-order valence-corrected chi connectivity index (χ1v) is 6.97. The van der Waals surface area contributed by atoms with E-state index in [1.54, 1.807) is 0 Å². The molecule has 86 valence electrons. The van der Waals surface area contributed by atoms with Crippen LogP contribution < -0.4 is 0 Å². The van der Waals surface area contributed by atoms with Crippen molar-refractivity contribution >= 4 is 9.84 Å². The quantitative estimate of drug-likeness (QED) is 0.660. The number of hydrogen-bond acceptors (Lipinski definition) is 3. The number of hydrogen-bond donors (Lipinski definition) is 0. The van der Waals surface area contributed by atoms with Gasteiger partial charge in [0.1, 0.15) is 0 Å². The minimum absolute atomic E-state index is 0.107. The standard InChI is InChI=1S/C10H22O3S/c1-9(2)5-7-14(11,12)8-6-13-10(3)4/h9-10H,5-8H2,1-4H3. The molecule has 3 nitrogen and oxygen atoms in total. The molecule has 0 aliphatic carbocycles. The van der Waals surface area contributed by atoms with Crippen LogP contribution in [0.15, 0.2) is 0 Å². The molecule has 0 aliphatic heterocycles. The molecule has 0 N–H and O–H groups in total. The molecule has 0 aliphatic rings. The van der Waals surface area contributed by atoms with Gasteiger partial charge >= 0.3 is 0 Å². The van der Waals surface area contributed by atoms with Gasteiger partial charge in [-0.3, -0.25) is 0 Å². The summed E-state index contributed by atoms with van der Waals surface area (Å²) < 4.78 is 28.1. The molecule has 14 heavy (non-hydrogen) atoms. The molecular formula is C10H22O3S. The van der Waals surface area contributed by atoms with Gasteiger partial charge in [0.05, 0.1) is 24.2 Å². The van der Waals surface area contributed by atoms with Crippen molar-refractivity contribution in [2.24, 2.45) is 5.92 Å². The van der Waals surface area contributed by atoms with Crippen LogP contribution in [0.25, 0.3) is 0 Å². The highest BCUT2D eigenvalue weighted by Crippen LogP contribution is 2.03. The topological polar surface area (TPSA) is 43.4 Å². The van der Waals surface area contributed by atoms with Crippen LogP contribution in [0.5, 0.6) is 0 Å². The lowest BCUT2D eigenvalue weighted by Crippen LogP contribution is -2.18. The van der Waals surface area contributed by atoms with Gasteiger partial charge in [0.2, 0.25) is 0 Å². The first kappa shape index (κ1) is 13.9. The van der Waals surface area contributed by atoms with Gasteiger partial charge in [-0.15, -0.1) is 0 Å². The molecule has 0 fully saturated rings. The average Bonchev–Trinajstić information content (AvgIpc) is 2.00. The van der Waals surface area contributed by atoms with Gasteiger partial charge in [-0.05, 0) is 26.2 Å². The fourth-order valence-corrected chi connectivity index (χ4v) is 2.31.